The molecule has 0 amide bonds. The molecule has 2 nitrogen and oxygen atoms in total. The van der Waals surface area contributed by atoms with E-state index >= 15 is 0 Å². The second-order valence-corrected chi connectivity index (χ2v) is 6.95. The maximum atomic E-state index is 12.9. The average molecular weight is 308 g/mol. The van der Waals surface area contributed by atoms with Gasteiger partial charge in [0.15, 0.2) is 0 Å². The summed E-state index contributed by atoms with van der Waals surface area (Å²) in [5.74, 6) is 2.29. The molecule has 0 aliphatic carbocycles. The normalized spacial score (nSPS) is 19.1. The Kier molecular flexibility index (Phi) is 4.70. The van der Waals surface area contributed by atoms with Crippen molar-refractivity contribution in [2.75, 3.05) is 11.5 Å². The van der Waals surface area contributed by atoms with Gasteiger partial charge in [0.05, 0.1) is 5.69 Å². The molecule has 1 saturated heterocycles. The largest absolute Gasteiger partial charge is 0.308 e. The lowest BCUT2D eigenvalue weighted by Gasteiger charge is -2.21. The van der Waals surface area contributed by atoms with Crippen LogP contribution in [0.3, 0.4) is 0 Å². The van der Waals surface area contributed by atoms with Crippen LogP contribution in [0.5, 0.6) is 0 Å². The van der Waals surface area contributed by atoms with Crippen LogP contribution in [-0.4, -0.2) is 22.5 Å². The minimum Gasteiger partial charge on any atom is -0.308 e. The summed E-state index contributed by atoms with van der Waals surface area (Å²) < 4.78 is 12.9. The van der Waals surface area contributed by atoms with E-state index in [1.807, 2.05) is 11.8 Å². The van der Waals surface area contributed by atoms with Crippen molar-refractivity contribution >= 4 is 23.1 Å². The first-order chi connectivity index (χ1) is 9.81. The van der Waals surface area contributed by atoms with E-state index in [1.165, 1.54) is 36.5 Å². The van der Waals surface area contributed by atoms with Crippen molar-refractivity contribution < 1.29 is 4.39 Å². The highest BCUT2D eigenvalue weighted by Crippen LogP contribution is 2.24. The van der Waals surface area contributed by atoms with Gasteiger partial charge in [-0.1, -0.05) is 0 Å². The average Bonchev–Trinajstić information content (AvgIpc) is 2.96. The molecule has 0 saturated carbocycles. The fourth-order valence-corrected chi connectivity index (χ4v) is 4.20. The fourth-order valence-electron chi connectivity index (χ4n) is 2.26. The number of benzene rings is 1. The van der Waals surface area contributed by atoms with Crippen LogP contribution in [0.1, 0.15) is 18.5 Å². The second kappa shape index (κ2) is 6.70. The molecule has 3 rings (SSSR count). The van der Waals surface area contributed by atoms with E-state index < -0.39 is 0 Å². The topological polar surface area (TPSA) is 24.9 Å². The van der Waals surface area contributed by atoms with Gasteiger partial charge in [0, 0.05) is 29.3 Å². The Morgan fingerprint density at radius 2 is 2.15 bits per heavy atom. The Hall–Kier alpha value is -0.910. The molecule has 2 aromatic rings. The van der Waals surface area contributed by atoms with Gasteiger partial charge in [0.25, 0.3) is 0 Å². The third kappa shape index (κ3) is 3.59. The van der Waals surface area contributed by atoms with Crippen LogP contribution in [-0.2, 0) is 6.54 Å². The molecule has 1 aromatic carbocycles. The van der Waals surface area contributed by atoms with Crippen molar-refractivity contribution in [2.45, 2.75) is 25.4 Å². The van der Waals surface area contributed by atoms with E-state index in [9.17, 15) is 4.39 Å². The van der Waals surface area contributed by atoms with E-state index in [-0.39, 0.29) is 5.82 Å². The number of aromatic nitrogens is 1. The molecule has 0 radical (unpaired) electrons. The van der Waals surface area contributed by atoms with Crippen LogP contribution >= 0.6 is 23.1 Å². The lowest BCUT2D eigenvalue weighted by atomic mass is 10.2. The van der Waals surface area contributed by atoms with Gasteiger partial charge in [-0.3, -0.25) is 0 Å². The van der Waals surface area contributed by atoms with Crippen molar-refractivity contribution in [3.05, 3.63) is 41.2 Å². The summed E-state index contributed by atoms with van der Waals surface area (Å²) in [7, 11) is 0. The molecule has 0 spiro atoms. The maximum absolute atomic E-state index is 12.9. The zero-order valence-electron chi connectivity index (χ0n) is 11.1. The summed E-state index contributed by atoms with van der Waals surface area (Å²) in [5, 5.41) is 6.62. The number of halogens is 1. The van der Waals surface area contributed by atoms with Crippen LogP contribution < -0.4 is 5.32 Å². The molecule has 1 unspecified atom stereocenters. The maximum Gasteiger partial charge on any atom is 0.123 e. The van der Waals surface area contributed by atoms with Crippen LogP contribution in [0.25, 0.3) is 10.6 Å². The molecule has 1 atom stereocenters. The van der Waals surface area contributed by atoms with Crippen molar-refractivity contribution in [1.29, 1.82) is 0 Å². The number of nitrogens with zero attached hydrogens (tertiary/aromatic N) is 1. The minimum atomic E-state index is -0.206. The van der Waals surface area contributed by atoms with Crippen molar-refractivity contribution in [3.63, 3.8) is 0 Å². The molecule has 2 heterocycles. The van der Waals surface area contributed by atoms with Crippen LogP contribution in [0.15, 0.2) is 29.6 Å². The van der Waals surface area contributed by atoms with Gasteiger partial charge in [0.1, 0.15) is 10.8 Å². The van der Waals surface area contributed by atoms with Crippen LogP contribution in [0.4, 0.5) is 4.39 Å². The molecule has 1 N–H and O–H groups in total. The first-order valence-corrected chi connectivity index (χ1v) is 8.86. The third-order valence-electron chi connectivity index (χ3n) is 3.38. The first kappa shape index (κ1) is 14.0. The highest BCUT2D eigenvalue weighted by molar-refractivity contribution is 7.99. The summed E-state index contributed by atoms with van der Waals surface area (Å²) in [6.07, 6.45) is 2.57. The van der Waals surface area contributed by atoms with Crippen LogP contribution in [0, 0.1) is 5.82 Å². The molecule has 5 heteroatoms. The lowest BCUT2D eigenvalue weighted by Crippen LogP contribution is -2.33. The van der Waals surface area contributed by atoms with Crippen LogP contribution in [0.2, 0.25) is 0 Å². The van der Waals surface area contributed by atoms with E-state index in [0.717, 1.165) is 22.8 Å². The summed E-state index contributed by atoms with van der Waals surface area (Å²) in [5.41, 5.74) is 2.06. The monoisotopic (exact) mass is 308 g/mol. The zero-order valence-corrected chi connectivity index (χ0v) is 12.8. The lowest BCUT2D eigenvalue weighted by molar-refractivity contribution is 0.504. The number of thiazole rings is 1. The van der Waals surface area contributed by atoms with Gasteiger partial charge in [-0.15, -0.1) is 11.3 Å². The van der Waals surface area contributed by atoms with Crippen molar-refractivity contribution in [1.82, 2.24) is 10.3 Å². The minimum absolute atomic E-state index is 0.206. The van der Waals surface area contributed by atoms with Gasteiger partial charge >= 0.3 is 0 Å². The molecule has 1 aromatic heterocycles. The van der Waals surface area contributed by atoms with Crippen molar-refractivity contribution in [2.24, 2.45) is 0 Å². The summed E-state index contributed by atoms with van der Waals surface area (Å²) in [6.45, 7) is 0.822. The molecule has 1 fully saturated rings. The van der Waals surface area contributed by atoms with E-state index in [0.29, 0.717) is 6.04 Å². The Morgan fingerprint density at radius 3 is 2.90 bits per heavy atom. The smallest absolute Gasteiger partial charge is 0.123 e. The number of thioether (sulfide) groups is 1. The zero-order chi connectivity index (χ0) is 13.8. The number of hydrogen-bond donors (Lipinski definition) is 1. The predicted octanol–water partition coefficient (Wildman–Crippen LogP) is 3.93. The SMILES string of the molecule is Fc1ccc(-c2nc(CNC3CCCSC3)cs2)cc1. The fraction of sp³-hybridized carbons (Fsp3) is 0.400. The summed E-state index contributed by atoms with van der Waals surface area (Å²) >= 11 is 3.64. The quantitative estimate of drug-likeness (QED) is 0.926. The highest BCUT2D eigenvalue weighted by Gasteiger charge is 2.13. The Bertz CT molecular complexity index is 547. The second-order valence-electron chi connectivity index (χ2n) is 4.95. The molecular weight excluding hydrogens is 291 g/mol. The molecule has 1 aliphatic rings. The predicted molar refractivity (Wildman–Crippen MR) is 84.7 cm³/mol. The standard InChI is InChI=1S/C15H17FN2S2/c16-12-5-3-11(4-6-12)15-18-14(10-20-15)8-17-13-2-1-7-19-9-13/h3-6,10,13,17H,1-2,7-9H2. The van der Waals surface area contributed by atoms with Crippen molar-refractivity contribution in [3.8, 4) is 10.6 Å². The van der Waals surface area contributed by atoms with Gasteiger partial charge in [0.2, 0.25) is 0 Å². The van der Waals surface area contributed by atoms with Gasteiger partial charge in [-0.05, 0) is 42.9 Å². The summed E-state index contributed by atoms with van der Waals surface area (Å²) in [6, 6.07) is 7.14. The number of nitrogens with one attached hydrogen (secondary N) is 1. The molecule has 20 heavy (non-hydrogen) atoms. The van der Waals surface area contributed by atoms with E-state index in [2.05, 4.69) is 15.7 Å². The van der Waals surface area contributed by atoms with Gasteiger partial charge < -0.3 is 5.32 Å². The Balaban J connectivity index is 1.60. The Morgan fingerprint density at radius 1 is 1.30 bits per heavy atom. The van der Waals surface area contributed by atoms with Gasteiger partial charge in [-0.2, -0.15) is 11.8 Å². The number of hydrogen-bond acceptors (Lipinski definition) is 4. The van der Waals surface area contributed by atoms with E-state index in [4.69, 9.17) is 0 Å². The first-order valence-electron chi connectivity index (χ1n) is 6.83. The van der Waals surface area contributed by atoms with Gasteiger partial charge in [-0.25, -0.2) is 9.37 Å². The highest BCUT2D eigenvalue weighted by atomic mass is 32.2. The molecule has 1 aliphatic heterocycles. The third-order valence-corrected chi connectivity index (χ3v) is 5.53. The summed E-state index contributed by atoms with van der Waals surface area (Å²) in [4.78, 5) is 4.62. The molecule has 106 valence electrons. The van der Waals surface area contributed by atoms with E-state index in [1.54, 1.807) is 23.5 Å². The molecule has 0 bridgehead atoms. The Labute approximate surface area is 126 Å². The molecular formula is C15H17FN2S2. The number of rotatable bonds is 4.